The second-order valence-corrected chi connectivity index (χ2v) is 7.16. The van der Waals surface area contributed by atoms with Gasteiger partial charge >= 0.3 is 6.09 Å². The third-order valence-electron chi connectivity index (χ3n) is 4.20. The van der Waals surface area contributed by atoms with Crippen molar-refractivity contribution in [3.05, 3.63) is 0 Å². The molecule has 0 aromatic rings. The summed E-state index contributed by atoms with van der Waals surface area (Å²) in [5.41, 5.74) is -0.569. The van der Waals surface area contributed by atoms with Crippen molar-refractivity contribution in [2.24, 2.45) is 0 Å². The van der Waals surface area contributed by atoms with Gasteiger partial charge in [-0.3, -0.25) is 14.5 Å². The lowest BCUT2D eigenvalue weighted by Gasteiger charge is -2.37. The summed E-state index contributed by atoms with van der Waals surface area (Å²) in [5, 5.41) is 0. The SMILES string of the molecule is CC(=O)N1CCN(C(=O)[C@@H]2CCCN2C(=O)OC(C)(C)C)CC1. The van der Waals surface area contributed by atoms with Gasteiger partial charge < -0.3 is 14.5 Å². The van der Waals surface area contributed by atoms with Crippen LogP contribution < -0.4 is 0 Å². The number of ether oxygens (including phenoxy) is 1. The van der Waals surface area contributed by atoms with Crippen molar-refractivity contribution in [2.75, 3.05) is 32.7 Å². The first-order chi connectivity index (χ1) is 10.7. The molecular weight excluding hydrogens is 298 g/mol. The van der Waals surface area contributed by atoms with Gasteiger partial charge in [-0.2, -0.15) is 0 Å². The fourth-order valence-corrected chi connectivity index (χ4v) is 3.02. The highest BCUT2D eigenvalue weighted by molar-refractivity contribution is 5.86. The molecule has 0 aliphatic carbocycles. The van der Waals surface area contributed by atoms with Gasteiger partial charge in [0.1, 0.15) is 11.6 Å². The first kappa shape index (κ1) is 17.6. The summed E-state index contributed by atoms with van der Waals surface area (Å²) in [6, 6.07) is -0.436. The van der Waals surface area contributed by atoms with Crippen LogP contribution in [0.5, 0.6) is 0 Å². The van der Waals surface area contributed by atoms with E-state index >= 15 is 0 Å². The van der Waals surface area contributed by atoms with Crippen LogP contribution in [0.15, 0.2) is 0 Å². The number of rotatable bonds is 1. The fraction of sp³-hybridized carbons (Fsp3) is 0.812. The number of nitrogens with zero attached hydrogens (tertiary/aromatic N) is 3. The summed E-state index contributed by atoms with van der Waals surface area (Å²) < 4.78 is 5.40. The standard InChI is InChI=1S/C16H27N3O4/c1-12(20)17-8-10-18(11-9-17)14(21)13-6-5-7-19(13)15(22)23-16(2,3)4/h13H,5-11H2,1-4H3/t13-/m0/s1. The lowest BCUT2D eigenvalue weighted by Crippen LogP contribution is -2.55. The smallest absolute Gasteiger partial charge is 0.410 e. The van der Waals surface area contributed by atoms with E-state index < -0.39 is 17.7 Å². The predicted octanol–water partition coefficient (Wildman–Crippen LogP) is 1.08. The molecule has 7 heteroatoms. The Balaban J connectivity index is 1.96. The molecule has 3 amide bonds. The Morgan fingerprint density at radius 1 is 0.957 bits per heavy atom. The van der Waals surface area contributed by atoms with Gasteiger partial charge in [0.2, 0.25) is 11.8 Å². The molecule has 0 N–H and O–H groups in total. The van der Waals surface area contributed by atoms with Crippen LogP contribution >= 0.6 is 0 Å². The molecule has 7 nitrogen and oxygen atoms in total. The van der Waals surface area contributed by atoms with Gasteiger partial charge in [0.05, 0.1) is 0 Å². The molecule has 23 heavy (non-hydrogen) atoms. The number of hydrogen-bond donors (Lipinski definition) is 0. The van der Waals surface area contributed by atoms with E-state index in [4.69, 9.17) is 4.74 Å². The minimum atomic E-state index is -0.569. The molecule has 1 atom stereocenters. The molecular formula is C16H27N3O4. The number of likely N-dealkylation sites (tertiary alicyclic amines) is 1. The van der Waals surface area contributed by atoms with E-state index in [2.05, 4.69) is 0 Å². The van der Waals surface area contributed by atoms with Crippen LogP contribution in [0.1, 0.15) is 40.5 Å². The maximum atomic E-state index is 12.7. The second-order valence-electron chi connectivity index (χ2n) is 7.16. The van der Waals surface area contributed by atoms with E-state index in [0.717, 1.165) is 6.42 Å². The van der Waals surface area contributed by atoms with Crippen molar-refractivity contribution in [1.29, 1.82) is 0 Å². The van der Waals surface area contributed by atoms with E-state index in [-0.39, 0.29) is 11.8 Å². The van der Waals surface area contributed by atoms with E-state index in [1.807, 2.05) is 20.8 Å². The summed E-state index contributed by atoms with van der Waals surface area (Å²) in [7, 11) is 0. The molecule has 0 radical (unpaired) electrons. The van der Waals surface area contributed by atoms with Crippen LogP contribution in [0.2, 0.25) is 0 Å². The van der Waals surface area contributed by atoms with Crippen LogP contribution in [0, 0.1) is 0 Å². The van der Waals surface area contributed by atoms with Gasteiger partial charge in [0, 0.05) is 39.6 Å². The molecule has 2 saturated heterocycles. The lowest BCUT2D eigenvalue weighted by molar-refractivity contribution is -0.141. The molecule has 2 rings (SSSR count). The van der Waals surface area contributed by atoms with Crippen molar-refractivity contribution in [2.45, 2.75) is 52.2 Å². The topological polar surface area (TPSA) is 70.2 Å². The Kier molecular flexibility index (Phi) is 5.16. The van der Waals surface area contributed by atoms with E-state index in [1.54, 1.807) is 21.6 Å². The zero-order valence-corrected chi connectivity index (χ0v) is 14.5. The van der Waals surface area contributed by atoms with E-state index in [1.165, 1.54) is 0 Å². The predicted molar refractivity (Wildman–Crippen MR) is 84.8 cm³/mol. The van der Waals surface area contributed by atoms with Crippen LogP contribution in [-0.2, 0) is 14.3 Å². The molecule has 2 aliphatic heterocycles. The second kappa shape index (κ2) is 6.76. The first-order valence-corrected chi connectivity index (χ1v) is 8.23. The summed E-state index contributed by atoms with van der Waals surface area (Å²) in [5.74, 6) is 0.00454. The van der Waals surface area contributed by atoms with E-state index in [0.29, 0.717) is 39.1 Å². The zero-order valence-electron chi connectivity index (χ0n) is 14.5. The van der Waals surface area contributed by atoms with Crippen molar-refractivity contribution < 1.29 is 19.1 Å². The lowest BCUT2D eigenvalue weighted by atomic mass is 10.1. The zero-order chi connectivity index (χ0) is 17.2. The number of amides is 3. The van der Waals surface area contributed by atoms with E-state index in [9.17, 15) is 14.4 Å². The highest BCUT2D eigenvalue weighted by Crippen LogP contribution is 2.23. The molecule has 2 fully saturated rings. The van der Waals surface area contributed by atoms with Crippen LogP contribution in [0.3, 0.4) is 0 Å². The Bertz CT molecular complexity index is 478. The van der Waals surface area contributed by atoms with Gasteiger partial charge in [0.15, 0.2) is 0 Å². The molecule has 0 aromatic heterocycles. The Labute approximate surface area is 137 Å². The minimum absolute atomic E-state index is 0.0310. The average molecular weight is 325 g/mol. The Hall–Kier alpha value is -1.79. The Morgan fingerprint density at radius 2 is 1.52 bits per heavy atom. The maximum absolute atomic E-state index is 12.7. The third-order valence-corrected chi connectivity index (χ3v) is 4.20. The summed E-state index contributed by atoms with van der Waals surface area (Å²) in [6.07, 6.45) is 1.06. The quantitative estimate of drug-likeness (QED) is 0.723. The monoisotopic (exact) mass is 325 g/mol. The highest BCUT2D eigenvalue weighted by Gasteiger charge is 2.39. The number of piperazine rings is 1. The molecule has 0 unspecified atom stereocenters. The molecule has 2 aliphatic rings. The number of carbonyl (C=O) groups excluding carboxylic acids is 3. The summed E-state index contributed by atoms with van der Waals surface area (Å²) in [6.45, 7) is 9.71. The minimum Gasteiger partial charge on any atom is -0.444 e. The Morgan fingerprint density at radius 3 is 2.04 bits per heavy atom. The van der Waals surface area contributed by atoms with Crippen molar-refractivity contribution in [3.63, 3.8) is 0 Å². The van der Waals surface area contributed by atoms with Crippen LogP contribution in [0.4, 0.5) is 4.79 Å². The molecule has 2 heterocycles. The summed E-state index contributed by atoms with van der Waals surface area (Å²) in [4.78, 5) is 41.4. The van der Waals surface area contributed by atoms with Gasteiger partial charge in [-0.05, 0) is 33.6 Å². The van der Waals surface area contributed by atoms with Gasteiger partial charge in [-0.1, -0.05) is 0 Å². The fourth-order valence-electron chi connectivity index (χ4n) is 3.02. The molecule has 130 valence electrons. The van der Waals surface area contributed by atoms with Crippen molar-refractivity contribution in [1.82, 2.24) is 14.7 Å². The molecule has 0 bridgehead atoms. The van der Waals surface area contributed by atoms with Crippen LogP contribution in [-0.4, -0.2) is 77.0 Å². The van der Waals surface area contributed by atoms with Gasteiger partial charge in [-0.15, -0.1) is 0 Å². The number of hydrogen-bond acceptors (Lipinski definition) is 4. The largest absolute Gasteiger partial charge is 0.444 e. The van der Waals surface area contributed by atoms with Gasteiger partial charge in [-0.25, -0.2) is 4.79 Å². The van der Waals surface area contributed by atoms with Crippen molar-refractivity contribution in [3.8, 4) is 0 Å². The van der Waals surface area contributed by atoms with Crippen LogP contribution in [0.25, 0.3) is 0 Å². The van der Waals surface area contributed by atoms with Crippen molar-refractivity contribution >= 4 is 17.9 Å². The third kappa shape index (κ3) is 4.36. The number of carbonyl (C=O) groups is 3. The average Bonchev–Trinajstić information content (AvgIpc) is 2.94. The maximum Gasteiger partial charge on any atom is 0.410 e. The highest BCUT2D eigenvalue weighted by atomic mass is 16.6. The molecule has 0 aromatic carbocycles. The molecule has 0 spiro atoms. The summed E-state index contributed by atoms with van der Waals surface area (Å²) >= 11 is 0. The van der Waals surface area contributed by atoms with Gasteiger partial charge in [0.25, 0.3) is 0 Å². The molecule has 0 saturated carbocycles. The first-order valence-electron chi connectivity index (χ1n) is 8.23. The normalized spacial score (nSPS) is 22.3.